The van der Waals surface area contributed by atoms with Crippen molar-refractivity contribution in [3.63, 3.8) is 0 Å². The van der Waals surface area contributed by atoms with Crippen LogP contribution in [-0.2, 0) is 0 Å². The monoisotopic (exact) mass is 289 g/mol. The van der Waals surface area contributed by atoms with Gasteiger partial charge in [0.15, 0.2) is 0 Å². The van der Waals surface area contributed by atoms with Crippen molar-refractivity contribution in [3.05, 3.63) is 35.4 Å². The van der Waals surface area contributed by atoms with Gasteiger partial charge in [-0.15, -0.1) is 0 Å². The van der Waals surface area contributed by atoms with Crippen LogP contribution in [0, 0.1) is 11.8 Å². The minimum Gasteiger partial charge on any atom is -0.384 e. The molecule has 0 bridgehead atoms. The molecule has 106 valence electrons. The van der Waals surface area contributed by atoms with E-state index < -0.39 is 0 Å². The van der Waals surface area contributed by atoms with Crippen molar-refractivity contribution in [2.75, 3.05) is 12.9 Å². The van der Waals surface area contributed by atoms with Gasteiger partial charge in [-0.05, 0) is 43.7 Å². The Morgan fingerprint density at radius 2 is 2.35 bits per heavy atom. The second kappa shape index (κ2) is 7.37. The van der Waals surface area contributed by atoms with Crippen LogP contribution in [0.1, 0.15) is 35.2 Å². The standard InChI is InChI=1S/C16H19NO2S/c1-20-15-8-7-14(11-15)17-16(19)13-6-2-4-12(10-13)5-3-9-18/h2,4,6,10,14-15,18H,7-9,11H2,1H3,(H,17,19). The fraction of sp³-hybridized carbons (Fsp3) is 0.438. The summed E-state index contributed by atoms with van der Waals surface area (Å²) in [5.74, 6) is 5.37. The van der Waals surface area contributed by atoms with E-state index in [1.54, 1.807) is 12.1 Å². The Balaban J connectivity index is 1.99. The van der Waals surface area contributed by atoms with Gasteiger partial charge in [-0.3, -0.25) is 4.79 Å². The average molecular weight is 289 g/mol. The molecule has 1 amide bonds. The normalized spacial score (nSPS) is 21.1. The fourth-order valence-electron chi connectivity index (χ4n) is 2.43. The molecule has 1 aliphatic carbocycles. The summed E-state index contributed by atoms with van der Waals surface area (Å²) in [6, 6.07) is 7.49. The molecule has 1 fully saturated rings. The van der Waals surface area contributed by atoms with Gasteiger partial charge < -0.3 is 10.4 Å². The molecule has 2 rings (SSSR count). The summed E-state index contributed by atoms with van der Waals surface area (Å²) >= 11 is 1.88. The van der Waals surface area contributed by atoms with E-state index in [1.807, 2.05) is 23.9 Å². The maximum atomic E-state index is 12.2. The lowest BCUT2D eigenvalue weighted by atomic mass is 10.1. The molecular formula is C16H19NO2S. The summed E-state index contributed by atoms with van der Waals surface area (Å²) in [4.78, 5) is 12.2. The van der Waals surface area contributed by atoms with Crippen LogP contribution < -0.4 is 5.32 Å². The van der Waals surface area contributed by atoms with Crippen LogP contribution in [0.5, 0.6) is 0 Å². The zero-order valence-electron chi connectivity index (χ0n) is 11.6. The Kier molecular flexibility index (Phi) is 5.51. The SMILES string of the molecule is CSC1CCC(NC(=O)c2cccc(C#CCO)c2)C1. The highest BCUT2D eigenvalue weighted by atomic mass is 32.2. The van der Waals surface area contributed by atoms with Crippen LogP contribution >= 0.6 is 11.8 Å². The molecule has 1 aromatic rings. The van der Waals surface area contributed by atoms with E-state index in [0.717, 1.165) is 18.4 Å². The molecule has 0 aliphatic heterocycles. The molecule has 0 saturated heterocycles. The van der Waals surface area contributed by atoms with Crippen molar-refractivity contribution in [1.82, 2.24) is 5.32 Å². The fourth-order valence-corrected chi connectivity index (χ4v) is 3.23. The van der Waals surface area contributed by atoms with Gasteiger partial charge in [0.05, 0.1) is 0 Å². The maximum absolute atomic E-state index is 12.2. The summed E-state index contributed by atoms with van der Waals surface area (Å²) in [7, 11) is 0. The quantitative estimate of drug-likeness (QED) is 0.837. The zero-order valence-corrected chi connectivity index (χ0v) is 12.4. The molecular weight excluding hydrogens is 270 g/mol. The Morgan fingerprint density at radius 3 is 3.05 bits per heavy atom. The van der Waals surface area contributed by atoms with Gasteiger partial charge in [0.25, 0.3) is 5.91 Å². The van der Waals surface area contributed by atoms with Gasteiger partial charge in [-0.2, -0.15) is 11.8 Å². The molecule has 0 radical (unpaired) electrons. The first-order valence-corrected chi connectivity index (χ1v) is 8.05. The van der Waals surface area contributed by atoms with Gasteiger partial charge in [-0.25, -0.2) is 0 Å². The third-order valence-electron chi connectivity index (χ3n) is 3.49. The lowest BCUT2D eigenvalue weighted by Gasteiger charge is -2.13. The van der Waals surface area contributed by atoms with E-state index in [0.29, 0.717) is 10.8 Å². The first-order chi connectivity index (χ1) is 9.72. The highest BCUT2D eigenvalue weighted by molar-refractivity contribution is 7.99. The predicted octanol–water partition coefficient (Wildman–Crippen LogP) is 2.04. The number of benzene rings is 1. The highest BCUT2D eigenvalue weighted by Crippen LogP contribution is 2.28. The number of hydrogen-bond acceptors (Lipinski definition) is 3. The molecule has 0 heterocycles. The summed E-state index contributed by atoms with van der Waals surface area (Å²) in [6.45, 7) is -0.172. The van der Waals surface area contributed by atoms with Crippen LogP contribution in [0.25, 0.3) is 0 Å². The molecule has 1 aliphatic rings. The number of aliphatic hydroxyl groups is 1. The molecule has 4 heteroatoms. The molecule has 1 saturated carbocycles. The second-order valence-corrected chi connectivity index (χ2v) is 6.02. The Bertz CT molecular complexity index is 533. The molecule has 1 aromatic carbocycles. The van der Waals surface area contributed by atoms with Crippen molar-refractivity contribution < 1.29 is 9.90 Å². The van der Waals surface area contributed by atoms with Crippen molar-refractivity contribution in [2.24, 2.45) is 0 Å². The van der Waals surface area contributed by atoms with E-state index in [1.165, 1.54) is 6.42 Å². The van der Waals surface area contributed by atoms with Crippen LogP contribution in [0.3, 0.4) is 0 Å². The maximum Gasteiger partial charge on any atom is 0.251 e. The van der Waals surface area contributed by atoms with Crippen molar-refractivity contribution in [2.45, 2.75) is 30.6 Å². The van der Waals surface area contributed by atoms with Crippen molar-refractivity contribution in [3.8, 4) is 11.8 Å². The number of rotatable bonds is 3. The third kappa shape index (κ3) is 4.03. The van der Waals surface area contributed by atoms with Gasteiger partial charge in [0, 0.05) is 22.4 Å². The first kappa shape index (κ1) is 15.0. The Hall–Kier alpha value is -1.44. The van der Waals surface area contributed by atoms with Gasteiger partial charge >= 0.3 is 0 Å². The molecule has 2 N–H and O–H groups in total. The summed E-state index contributed by atoms with van der Waals surface area (Å²) < 4.78 is 0. The molecule has 0 aromatic heterocycles. The van der Waals surface area contributed by atoms with E-state index in [2.05, 4.69) is 23.4 Å². The van der Waals surface area contributed by atoms with E-state index in [4.69, 9.17) is 5.11 Å². The van der Waals surface area contributed by atoms with Crippen LogP contribution in [0.15, 0.2) is 24.3 Å². The number of carbonyl (C=O) groups excluding carboxylic acids is 1. The van der Waals surface area contributed by atoms with Crippen LogP contribution in [-0.4, -0.2) is 35.2 Å². The zero-order chi connectivity index (χ0) is 14.4. The number of aliphatic hydroxyl groups excluding tert-OH is 1. The lowest BCUT2D eigenvalue weighted by Crippen LogP contribution is -2.33. The first-order valence-electron chi connectivity index (χ1n) is 6.76. The lowest BCUT2D eigenvalue weighted by molar-refractivity contribution is 0.0938. The predicted molar refractivity (Wildman–Crippen MR) is 82.8 cm³/mol. The smallest absolute Gasteiger partial charge is 0.251 e. The molecule has 3 nitrogen and oxygen atoms in total. The average Bonchev–Trinajstić information content (AvgIpc) is 2.93. The molecule has 0 spiro atoms. The van der Waals surface area contributed by atoms with E-state index >= 15 is 0 Å². The molecule has 20 heavy (non-hydrogen) atoms. The summed E-state index contributed by atoms with van der Waals surface area (Å²) in [6.07, 6.45) is 5.41. The second-order valence-electron chi connectivity index (χ2n) is 4.88. The summed E-state index contributed by atoms with van der Waals surface area (Å²) in [5.41, 5.74) is 1.38. The van der Waals surface area contributed by atoms with Gasteiger partial charge in [0.1, 0.15) is 6.61 Å². The largest absolute Gasteiger partial charge is 0.384 e. The van der Waals surface area contributed by atoms with E-state index in [9.17, 15) is 4.79 Å². The Morgan fingerprint density at radius 1 is 1.50 bits per heavy atom. The van der Waals surface area contributed by atoms with Crippen LogP contribution in [0.4, 0.5) is 0 Å². The van der Waals surface area contributed by atoms with Crippen molar-refractivity contribution in [1.29, 1.82) is 0 Å². The number of carbonyl (C=O) groups is 1. The topological polar surface area (TPSA) is 49.3 Å². The number of hydrogen-bond donors (Lipinski definition) is 2. The van der Waals surface area contributed by atoms with Crippen molar-refractivity contribution >= 4 is 17.7 Å². The number of nitrogens with one attached hydrogen (secondary N) is 1. The molecule has 2 atom stereocenters. The van der Waals surface area contributed by atoms with E-state index in [-0.39, 0.29) is 18.6 Å². The minimum absolute atomic E-state index is 0.0376. The summed E-state index contributed by atoms with van der Waals surface area (Å²) in [5, 5.41) is 12.5. The number of thioether (sulfide) groups is 1. The minimum atomic E-state index is -0.172. The number of amides is 1. The van der Waals surface area contributed by atoms with Gasteiger partial charge in [-0.1, -0.05) is 17.9 Å². The highest BCUT2D eigenvalue weighted by Gasteiger charge is 2.25. The molecule has 2 unspecified atom stereocenters. The van der Waals surface area contributed by atoms with Gasteiger partial charge in [0.2, 0.25) is 0 Å². The van der Waals surface area contributed by atoms with Crippen LogP contribution in [0.2, 0.25) is 0 Å². The third-order valence-corrected chi connectivity index (χ3v) is 4.58. The Labute approximate surface area is 124 Å².